The lowest BCUT2D eigenvalue weighted by atomic mass is 10.2. The van der Waals surface area contributed by atoms with Crippen molar-refractivity contribution in [1.82, 2.24) is 24.7 Å². The number of fused-ring (bicyclic) bond motifs is 1. The highest BCUT2D eigenvalue weighted by Crippen LogP contribution is 2.35. The normalized spacial score (nSPS) is 16.8. The van der Waals surface area contributed by atoms with E-state index in [9.17, 15) is 4.79 Å². The summed E-state index contributed by atoms with van der Waals surface area (Å²) in [4.78, 5) is 20.1. The maximum Gasteiger partial charge on any atom is 0.258 e. The topological polar surface area (TPSA) is 94.9 Å². The summed E-state index contributed by atoms with van der Waals surface area (Å²) in [5, 5.41) is 10.2. The minimum Gasteiger partial charge on any atom is -0.497 e. The van der Waals surface area contributed by atoms with Crippen LogP contribution in [0.25, 0.3) is 22.3 Å². The molecule has 0 bridgehead atoms. The molecule has 1 fully saturated rings. The zero-order valence-electron chi connectivity index (χ0n) is 18.5. The molecule has 0 spiro atoms. The number of H-pyrrole nitrogens is 1. The van der Waals surface area contributed by atoms with Crippen LogP contribution in [0.4, 0.5) is 0 Å². The molecule has 4 aromatic rings. The van der Waals surface area contributed by atoms with Crippen LogP contribution in [0.3, 0.4) is 0 Å². The molecule has 0 saturated carbocycles. The predicted octanol–water partition coefficient (Wildman–Crippen LogP) is 4.22. The Bertz CT molecular complexity index is 1310. The molecule has 0 radical (unpaired) electrons. The average molecular weight is 464 g/mol. The highest BCUT2D eigenvalue weighted by atomic mass is 32.2. The van der Waals surface area contributed by atoms with Gasteiger partial charge in [0.05, 0.1) is 35.9 Å². The van der Waals surface area contributed by atoms with Gasteiger partial charge in [0, 0.05) is 12.2 Å². The van der Waals surface area contributed by atoms with Gasteiger partial charge in [0.25, 0.3) is 5.56 Å². The first-order chi connectivity index (χ1) is 16.1. The fraction of sp³-hybridized carbons (Fsp3) is 0.333. The molecule has 0 amide bonds. The van der Waals surface area contributed by atoms with Crippen molar-refractivity contribution in [3.8, 4) is 17.1 Å². The summed E-state index contributed by atoms with van der Waals surface area (Å²) in [6.45, 7) is 3.47. The van der Waals surface area contributed by atoms with Gasteiger partial charge >= 0.3 is 0 Å². The number of nitrogens with zero attached hydrogens (tertiary/aromatic N) is 4. The smallest absolute Gasteiger partial charge is 0.258 e. The third-order valence-electron chi connectivity index (χ3n) is 5.77. The van der Waals surface area contributed by atoms with Crippen LogP contribution in [0.2, 0.25) is 0 Å². The quantitative estimate of drug-likeness (QED) is 0.410. The van der Waals surface area contributed by atoms with Crippen molar-refractivity contribution in [3.05, 3.63) is 64.7 Å². The molecule has 170 valence electrons. The summed E-state index contributed by atoms with van der Waals surface area (Å²) < 4.78 is 13.3. The van der Waals surface area contributed by atoms with Crippen molar-refractivity contribution in [1.29, 1.82) is 0 Å². The second-order valence-electron chi connectivity index (χ2n) is 8.01. The molecule has 0 unspecified atom stereocenters. The van der Waals surface area contributed by atoms with Crippen LogP contribution in [0.5, 0.6) is 5.75 Å². The van der Waals surface area contributed by atoms with Gasteiger partial charge in [-0.05, 0) is 56.2 Å². The summed E-state index contributed by atoms with van der Waals surface area (Å²) in [5.74, 6) is 2.18. The summed E-state index contributed by atoms with van der Waals surface area (Å²) in [6, 6.07) is 15.2. The van der Waals surface area contributed by atoms with Gasteiger partial charge in [0.2, 0.25) is 0 Å². The van der Waals surface area contributed by atoms with Crippen molar-refractivity contribution in [2.24, 2.45) is 0 Å². The highest BCUT2D eigenvalue weighted by Gasteiger charge is 2.24. The summed E-state index contributed by atoms with van der Waals surface area (Å²) >= 11 is 1.52. The first-order valence-corrected chi connectivity index (χ1v) is 11.8. The van der Waals surface area contributed by atoms with Crippen molar-refractivity contribution in [2.75, 3.05) is 13.7 Å². The zero-order chi connectivity index (χ0) is 22.8. The molecule has 2 aromatic carbocycles. The van der Waals surface area contributed by atoms with Crippen LogP contribution in [-0.4, -0.2) is 44.6 Å². The maximum absolute atomic E-state index is 12.5. The van der Waals surface area contributed by atoms with Crippen LogP contribution in [-0.2, 0) is 11.3 Å². The lowest BCUT2D eigenvalue weighted by molar-refractivity contribution is 0.0953. The van der Waals surface area contributed by atoms with Gasteiger partial charge in [-0.15, -0.1) is 10.2 Å². The van der Waals surface area contributed by atoms with E-state index in [2.05, 4.69) is 24.7 Å². The van der Waals surface area contributed by atoms with E-state index in [1.807, 2.05) is 49.4 Å². The van der Waals surface area contributed by atoms with Crippen molar-refractivity contribution in [2.45, 2.75) is 42.8 Å². The largest absolute Gasteiger partial charge is 0.497 e. The van der Waals surface area contributed by atoms with Crippen LogP contribution >= 0.6 is 11.8 Å². The van der Waals surface area contributed by atoms with Crippen molar-refractivity contribution >= 4 is 22.7 Å². The lowest BCUT2D eigenvalue weighted by Crippen LogP contribution is -2.17. The van der Waals surface area contributed by atoms with Gasteiger partial charge in [0.15, 0.2) is 11.0 Å². The molecule has 1 saturated heterocycles. The van der Waals surface area contributed by atoms with E-state index in [1.165, 1.54) is 11.8 Å². The van der Waals surface area contributed by atoms with Gasteiger partial charge in [-0.25, -0.2) is 4.98 Å². The number of methoxy groups -OCH3 is 1. The van der Waals surface area contributed by atoms with Gasteiger partial charge in [0.1, 0.15) is 11.6 Å². The number of aromatic nitrogens is 5. The van der Waals surface area contributed by atoms with Crippen LogP contribution in [0.1, 0.15) is 30.8 Å². The average Bonchev–Trinajstić information content (AvgIpc) is 3.50. The number of hydrogen-bond acceptors (Lipinski definition) is 7. The van der Waals surface area contributed by atoms with E-state index in [4.69, 9.17) is 9.47 Å². The number of ether oxygens (including phenoxy) is 2. The SMILES string of the molecule is COc1ccc(-c2nnc(S[C@@H](C)c3nc4ccccc4c(=O)[nH]3)n2C[C@H]2CCCO2)cc1. The molecule has 2 atom stereocenters. The van der Waals surface area contributed by atoms with E-state index in [1.54, 1.807) is 13.2 Å². The van der Waals surface area contributed by atoms with Gasteiger partial charge < -0.3 is 14.5 Å². The van der Waals surface area contributed by atoms with E-state index in [0.717, 1.165) is 41.7 Å². The molecular formula is C24H25N5O3S. The first-order valence-electron chi connectivity index (χ1n) is 11.0. The number of para-hydroxylation sites is 1. The van der Waals surface area contributed by atoms with Crippen molar-refractivity contribution in [3.63, 3.8) is 0 Å². The molecular weight excluding hydrogens is 438 g/mol. The van der Waals surface area contributed by atoms with Crippen LogP contribution < -0.4 is 10.3 Å². The van der Waals surface area contributed by atoms with Gasteiger partial charge in [-0.3, -0.25) is 9.36 Å². The minimum atomic E-state index is -0.136. The molecule has 33 heavy (non-hydrogen) atoms. The molecule has 9 heteroatoms. The first kappa shape index (κ1) is 21.7. The summed E-state index contributed by atoms with van der Waals surface area (Å²) in [7, 11) is 1.65. The predicted molar refractivity (Wildman–Crippen MR) is 128 cm³/mol. The Balaban J connectivity index is 1.47. The van der Waals surface area contributed by atoms with E-state index < -0.39 is 0 Å². The van der Waals surface area contributed by atoms with E-state index in [0.29, 0.717) is 23.3 Å². The number of rotatable bonds is 7. The van der Waals surface area contributed by atoms with E-state index in [-0.39, 0.29) is 16.9 Å². The van der Waals surface area contributed by atoms with Crippen molar-refractivity contribution < 1.29 is 9.47 Å². The Morgan fingerprint density at radius 3 is 2.79 bits per heavy atom. The fourth-order valence-corrected chi connectivity index (χ4v) is 4.91. The lowest BCUT2D eigenvalue weighted by Gasteiger charge is -2.16. The molecule has 3 heterocycles. The zero-order valence-corrected chi connectivity index (χ0v) is 19.3. The highest BCUT2D eigenvalue weighted by molar-refractivity contribution is 7.99. The molecule has 2 aromatic heterocycles. The molecule has 0 aliphatic carbocycles. The maximum atomic E-state index is 12.5. The number of benzene rings is 2. The minimum absolute atomic E-state index is 0.126. The monoisotopic (exact) mass is 463 g/mol. The van der Waals surface area contributed by atoms with Crippen LogP contribution in [0, 0.1) is 0 Å². The molecule has 8 nitrogen and oxygen atoms in total. The Kier molecular flexibility index (Phi) is 6.15. The summed E-state index contributed by atoms with van der Waals surface area (Å²) in [6.07, 6.45) is 2.21. The Morgan fingerprint density at radius 2 is 2.03 bits per heavy atom. The molecule has 1 aliphatic rings. The third-order valence-corrected chi connectivity index (χ3v) is 6.86. The third kappa shape index (κ3) is 4.51. The fourth-order valence-electron chi connectivity index (χ4n) is 4.00. The van der Waals surface area contributed by atoms with Gasteiger partial charge in [-0.2, -0.15) is 0 Å². The Labute approximate surface area is 195 Å². The summed E-state index contributed by atoms with van der Waals surface area (Å²) in [5.41, 5.74) is 1.50. The van der Waals surface area contributed by atoms with Crippen LogP contribution in [0.15, 0.2) is 58.5 Å². The standard InChI is InChI=1S/C24H25N5O3S/c1-15(21-25-20-8-4-3-7-19(20)23(30)26-21)33-24-28-27-22(16-9-11-17(31-2)12-10-16)29(24)14-18-6-5-13-32-18/h3-4,7-12,15,18H,5-6,13-14H2,1-2H3,(H,25,26,30)/t15-,18+/m0/s1. The van der Waals surface area contributed by atoms with E-state index >= 15 is 0 Å². The number of nitrogens with one attached hydrogen (secondary N) is 1. The Hall–Kier alpha value is -3.17. The number of hydrogen-bond donors (Lipinski definition) is 1. The van der Waals surface area contributed by atoms with Gasteiger partial charge in [-0.1, -0.05) is 23.9 Å². The number of thioether (sulfide) groups is 1. The Morgan fingerprint density at radius 1 is 1.21 bits per heavy atom. The number of aromatic amines is 1. The second kappa shape index (κ2) is 9.36. The second-order valence-corrected chi connectivity index (χ2v) is 9.32. The molecule has 5 rings (SSSR count). The molecule has 1 N–H and O–H groups in total. The molecule has 1 aliphatic heterocycles.